The standard InChI is InChI=1S/C17H22FNO/c1-2-13-5-3-7-15(11-13)20-17-12-14(6-4-10-19)8-9-16(17)18/h8-9,12-13,15H,2-3,5,7,10-11,19H2,1H3. The van der Waals surface area contributed by atoms with Gasteiger partial charge < -0.3 is 10.5 Å². The molecule has 0 spiro atoms. The molecule has 0 saturated heterocycles. The van der Waals surface area contributed by atoms with Crippen molar-refractivity contribution in [2.75, 3.05) is 6.54 Å². The van der Waals surface area contributed by atoms with E-state index in [1.165, 1.54) is 18.9 Å². The van der Waals surface area contributed by atoms with Gasteiger partial charge >= 0.3 is 0 Å². The largest absolute Gasteiger partial charge is 0.487 e. The highest BCUT2D eigenvalue weighted by molar-refractivity contribution is 5.40. The molecule has 2 atom stereocenters. The van der Waals surface area contributed by atoms with Crippen molar-refractivity contribution in [2.45, 2.75) is 45.1 Å². The van der Waals surface area contributed by atoms with E-state index >= 15 is 0 Å². The van der Waals surface area contributed by atoms with Gasteiger partial charge in [-0.1, -0.05) is 31.6 Å². The van der Waals surface area contributed by atoms with Gasteiger partial charge in [0.1, 0.15) is 0 Å². The Hall–Kier alpha value is -1.53. The molecule has 2 unspecified atom stereocenters. The van der Waals surface area contributed by atoms with E-state index in [4.69, 9.17) is 10.5 Å². The van der Waals surface area contributed by atoms with Crippen molar-refractivity contribution < 1.29 is 9.13 Å². The van der Waals surface area contributed by atoms with Gasteiger partial charge in [0, 0.05) is 5.56 Å². The molecule has 1 saturated carbocycles. The average Bonchev–Trinajstić information content (AvgIpc) is 2.48. The van der Waals surface area contributed by atoms with E-state index in [1.807, 2.05) is 0 Å². The Morgan fingerprint density at radius 2 is 2.25 bits per heavy atom. The number of ether oxygens (including phenoxy) is 1. The normalized spacial score (nSPS) is 21.9. The van der Waals surface area contributed by atoms with Crippen LogP contribution in [0.15, 0.2) is 18.2 Å². The van der Waals surface area contributed by atoms with E-state index in [9.17, 15) is 4.39 Å². The molecule has 2 nitrogen and oxygen atoms in total. The summed E-state index contributed by atoms with van der Waals surface area (Å²) in [5.41, 5.74) is 6.09. The highest BCUT2D eigenvalue weighted by Gasteiger charge is 2.23. The summed E-state index contributed by atoms with van der Waals surface area (Å²) in [6.07, 6.45) is 5.76. The molecule has 2 rings (SSSR count). The van der Waals surface area contributed by atoms with Crippen LogP contribution >= 0.6 is 0 Å². The smallest absolute Gasteiger partial charge is 0.165 e. The maximum atomic E-state index is 13.8. The Labute approximate surface area is 120 Å². The van der Waals surface area contributed by atoms with Gasteiger partial charge in [0.2, 0.25) is 0 Å². The van der Waals surface area contributed by atoms with E-state index in [0.29, 0.717) is 18.2 Å². The second-order valence-electron chi connectivity index (χ2n) is 5.33. The van der Waals surface area contributed by atoms with Gasteiger partial charge in [-0.3, -0.25) is 0 Å². The molecule has 0 aliphatic heterocycles. The highest BCUT2D eigenvalue weighted by atomic mass is 19.1. The van der Waals surface area contributed by atoms with Crippen LogP contribution in [0.25, 0.3) is 0 Å². The third-order valence-electron chi connectivity index (χ3n) is 3.87. The van der Waals surface area contributed by atoms with Crippen LogP contribution in [-0.2, 0) is 0 Å². The summed E-state index contributed by atoms with van der Waals surface area (Å²) in [6, 6.07) is 4.74. The minimum Gasteiger partial charge on any atom is -0.487 e. The Morgan fingerprint density at radius 3 is 3.00 bits per heavy atom. The zero-order valence-electron chi connectivity index (χ0n) is 12.0. The molecule has 0 radical (unpaired) electrons. The number of rotatable bonds is 3. The molecular formula is C17H22FNO. The summed E-state index contributed by atoms with van der Waals surface area (Å²) in [4.78, 5) is 0. The molecule has 20 heavy (non-hydrogen) atoms. The molecule has 0 heterocycles. The fourth-order valence-corrected chi connectivity index (χ4v) is 2.72. The lowest BCUT2D eigenvalue weighted by atomic mass is 9.85. The summed E-state index contributed by atoms with van der Waals surface area (Å²) >= 11 is 0. The van der Waals surface area contributed by atoms with Crippen LogP contribution in [0.3, 0.4) is 0 Å². The molecule has 2 N–H and O–H groups in total. The van der Waals surface area contributed by atoms with Gasteiger partial charge in [-0.15, -0.1) is 0 Å². The van der Waals surface area contributed by atoms with Crippen LogP contribution in [0.2, 0.25) is 0 Å². The van der Waals surface area contributed by atoms with E-state index in [2.05, 4.69) is 18.8 Å². The number of benzene rings is 1. The Morgan fingerprint density at radius 1 is 1.40 bits per heavy atom. The topological polar surface area (TPSA) is 35.2 Å². The molecule has 1 aromatic carbocycles. The lowest BCUT2D eigenvalue weighted by Crippen LogP contribution is -2.25. The van der Waals surface area contributed by atoms with Crippen LogP contribution in [0, 0.1) is 23.6 Å². The van der Waals surface area contributed by atoms with Crippen molar-refractivity contribution in [3.8, 4) is 17.6 Å². The lowest BCUT2D eigenvalue weighted by molar-refractivity contribution is 0.117. The highest BCUT2D eigenvalue weighted by Crippen LogP contribution is 2.30. The number of hydrogen-bond acceptors (Lipinski definition) is 2. The summed E-state index contributed by atoms with van der Waals surface area (Å²) in [5, 5.41) is 0. The van der Waals surface area contributed by atoms with Crippen molar-refractivity contribution in [2.24, 2.45) is 11.7 Å². The molecule has 0 amide bonds. The summed E-state index contributed by atoms with van der Waals surface area (Å²) in [6.45, 7) is 2.50. The predicted octanol–water partition coefficient (Wildman–Crippen LogP) is 3.48. The summed E-state index contributed by atoms with van der Waals surface area (Å²) in [5.74, 6) is 6.38. The van der Waals surface area contributed by atoms with Crippen molar-refractivity contribution in [3.63, 3.8) is 0 Å². The van der Waals surface area contributed by atoms with Gasteiger partial charge in [0.15, 0.2) is 11.6 Å². The van der Waals surface area contributed by atoms with Gasteiger partial charge in [-0.05, 0) is 43.4 Å². The lowest BCUT2D eigenvalue weighted by Gasteiger charge is -2.29. The van der Waals surface area contributed by atoms with E-state index < -0.39 is 0 Å². The fourth-order valence-electron chi connectivity index (χ4n) is 2.72. The third kappa shape index (κ3) is 3.98. The number of halogens is 1. The molecule has 1 aliphatic rings. The molecule has 1 aromatic rings. The van der Waals surface area contributed by atoms with E-state index in [0.717, 1.165) is 24.8 Å². The van der Waals surface area contributed by atoms with E-state index in [1.54, 1.807) is 12.1 Å². The maximum Gasteiger partial charge on any atom is 0.165 e. The Kier molecular flexibility index (Phi) is 5.43. The summed E-state index contributed by atoms with van der Waals surface area (Å²) in [7, 11) is 0. The maximum absolute atomic E-state index is 13.8. The van der Waals surface area contributed by atoms with Gasteiger partial charge in [-0.25, -0.2) is 4.39 Å². The second-order valence-corrected chi connectivity index (χ2v) is 5.33. The Balaban J connectivity index is 2.07. The molecule has 0 bridgehead atoms. The second kappa shape index (κ2) is 7.31. The Bertz CT molecular complexity index is 503. The molecule has 0 aromatic heterocycles. The molecule has 3 heteroatoms. The van der Waals surface area contributed by atoms with Crippen molar-refractivity contribution in [1.82, 2.24) is 0 Å². The van der Waals surface area contributed by atoms with Crippen LogP contribution in [0.4, 0.5) is 4.39 Å². The average molecular weight is 275 g/mol. The minimum atomic E-state index is -0.318. The van der Waals surface area contributed by atoms with Crippen LogP contribution in [0.5, 0.6) is 5.75 Å². The zero-order chi connectivity index (χ0) is 14.4. The van der Waals surface area contributed by atoms with Crippen molar-refractivity contribution in [3.05, 3.63) is 29.6 Å². The monoisotopic (exact) mass is 275 g/mol. The minimum absolute atomic E-state index is 0.126. The third-order valence-corrected chi connectivity index (χ3v) is 3.87. The zero-order valence-corrected chi connectivity index (χ0v) is 12.0. The first-order valence-electron chi connectivity index (χ1n) is 7.38. The van der Waals surface area contributed by atoms with Crippen LogP contribution < -0.4 is 10.5 Å². The number of hydrogen-bond donors (Lipinski definition) is 1. The van der Waals surface area contributed by atoms with Crippen LogP contribution in [0.1, 0.15) is 44.6 Å². The van der Waals surface area contributed by atoms with E-state index in [-0.39, 0.29) is 11.9 Å². The molecular weight excluding hydrogens is 253 g/mol. The van der Waals surface area contributed by atoms with Gasteiger partial charge in [0.25, 0.3) is 0 Å². The van der Waals surface area contributed by atoms with Crippen molar-refractivity contribution in [1.29, 1.82) is 0 Å². The quantitative estimate of drug-likeness (QED) is 0.857. The van der Waals surface area contributed by atoms with Crippen molar-refractivity contribution >= 4 is 0 Å². The first kappa shape index (κ1) is 14.9. The molecule has 108 valence electrons. The van der Waals surface area contributed by atoms with Gasteiger partial charge in [-0.2, -0.15) is 0 Å². The fraction of sp³-hybridized carbons (Fsp3) is 0.529. The first-order chi connectivity index (χ1) is 9.72. The summed E-state index contributed by atoms with van der Waals surface area (Å²) < 4.78 is 19.7. The van der Waals surface area contributed by atoms with Gasteiger partial charge in [0.05, 0.1) is 12.6 Å². The van der Waals surface area contributed by atoms with Crippen LogP contribution in [-0.4, -0.2) is 12.6 Å². The number of nitrogens with two attached hydrogens (primary N) is 1. The molecule has 1 aliphatic carbocycles. The molecule has 1 fully saturated rings. The SMILES string of the molecule is CCC1CCCC(Oc2cc(C#CCN)ccc2F)C1. The predicted molar refractivity (Wildman–Crippen MR) is 79.0 cm³/mol. The first-order valence-corrected chi connectivity index (χ1v) is 7.38.